The summed E-state index contributed by atoms with van der Waals surface area (Å²) in [6.07, 6.45) is 0.717. The van der Waals surface area contributed by atoms with Crippen LogP contribution < -0.4 is 0 Å². The van der Waals surface area contributed by atoms with E-state index in [0.29, 0.717) is 5.56 Å². The molecule has 90 valence electrons. The smallest absolute Gasteiger partial charge is 0.220 e. The molecule has 2 rings (SSSR count). The summed E-state index contributed by atoms with van der Waals surface area (Å²) in [5, 5.41) is 10.9. The zero-order valence-corrected chi connectivity index (χ0v) is 9.14. The maximum atomic E-state index is 12.8. The normalized spacial score (nSPS) is 24.6. The summed E-state index contributed by atoms with van der Waals surface area (Å²) >= 11 is 0. The predicted octanol–water partition coefficient (Wildman–Crippen LogP) is 2.31. The number of nitro groups is 1. The summed E-state index contributed by atoms with van der Waals surface area (Å²) in [4.78, 5) is 22.0. The molecule has 1 aromatic rings. The summed E-state index contributed by atoms with van der Waals surface area (Å²) in [5.74, 6) is -0.766. The Hall–Kier alpha value is -1.78. The van der Waals surface area contributed by atoms with E-state index in [-0.39, 0.29) is 35.8 Å². The second-order valence-electron chi connectivity index (χ2n) is 4.29. The monoisotopic (exact) mass is 237 g/mol. The van der Waals surface area contributed by atoms with Crippen molar-refractivity contribution in [2.45, 2.75) is 31.2 Å². The number of carbonyl (C=O) groups excluding carboxylic acids is 1. The van der Waals surface area contributed by atoms with E-state index in [4.69, 9.17) is 0 Å². The Labute approximate surface area is 97.6 Å². The van der Waals surface area contributed by atoms with Crippen LogP contribution in [0.2, 0.25) is 0 Å². The van der Waals surface area contributed by atoms with Crippen molar-refractivity contribution in [1.29, 1.82) is 0 Å². The van der Waals surface area contributed by atoms with Crippen LogP contribution in [0.15, 0.2) is 24.3 Å². The van der Waals surface area contributed by atoms with E-state index in [1.165, 1.54) is 24.3 Å². The number of Topliss-reactive ketones (excluding diaryl/α,β-unsaturated/α-hetero) is 1. The molecule has 4 nitrogen and oxygen atoms in total. The maximum Gasteiger partial charge on any atom is 0.220 e. The molecular formula is C12H12FNO3. The van der Waals surface area contributed by atoms with E-state index < -0.39 is 12.0 Å². The predicted molar refractivity (Wildman–Crippen MR) is 58.8 cm³/mol. The maximum absolute atomic E-state index is 12.8. The molecule has 17 heavy (non-hydrogen) atoms. The molecule has 5 heteroatoms. The summed E-state index contributed by atoms with van der Waals surface area (Å²) in [5.41, 5.74) is 0.668. The third kappa shape index (κ3) is 2.49. The number of rotatable bonds is 2. The van der Waals surface area contributed by atoms with Crippen molar-refractivity contribution in [1.82, 2.24) is 0 Å². The molecule has 1 saturated carbocycles. The van der Waals surface area contributed by atoms with Gasteiger partial charge in [-0.1, -0.05) is 12.1 Å². The second-order valence-corrected chi connectivity index (χ2v) is 4.29. The Morgan fingerprint density at radius 1 is 1.29 bits per heavy atom. The van der Waals surface area contributed by atoms with Gasteiger partial charge in [-0.3, -0.25) is 14.9 Å². The zero-order valence-electron chi connectivity index (χ0n) is 9.14. The van der Waals surface area contributed by atoms with Gasteiger partial charge in [0.15, 0.2) is 0 Å². The van der Waals surface area contributed by atoms with Crippen LogP contribution in [0.3, 0.4) is 0 Å². The van der Waals surface area contributed by atoms with Crippen LogP contribution in [0.1, 0.15) is 30.7 Å². The standard InChI is InChI=1S/C12H12FNO3/c13-9-3-1-8(2-4-9)11-7-10(15)5-6-12(11)14(16)17/h1-4,11-12H,5-7H2/t11-,12-/m0/s1. The largest absolute Gasteiger partial charge is 0.300 e. The lowest BCUT2D eigenvalue weighted by molar-refractivity contribution is -0.528. The van der Waals surface area contributed by atoms with Crippen LogP contribution in [0, 0.1) is 15.9 Å². The minimum absolute atomic E-state index is 0.0393. The van der Waals surface area contributed by atoms with Crippen molar-refractivity contribution in [2.75, 3.05) is 0 Å². The molecule has 0 aromatic heterocycles. The molecule has 2 atom stereocenters. The Morgan fingerprint density at radius 3 is 2.53 bits per heavy atom. The molecule has 1 aliphatic carbocycles. The zero-order chi connectivity index (χ0) is 12.4. The highest BCUT2D eigenvalue weighted by atomic mass is 19.1. The van der Waals surface area contributed by atoms with Gasteiger partial charge in [0.25, 0.3) is 0 Å². The highest BCUT2D eigenvalue weighted by molar-refractivity contribution is 5.80. The molecule has 0 unspecified atom stereocenters. The Kier molecular flexibility index (Phi) is 3.17. The topological polar surface area (TPSA) is 60.2 Å². The lowest BCUT2D eigenvalue weighted by atomic mass is 9.79. The molecule has 0 bridgehead atoms. The Bertz CT molecular complexity index is 444. The molecule has 0 amide bonds. The minimum atomic E-state index is -0.738. The van der Waals surface area contributed by atoms with Gasteiger partial charge in [-0.15, -0.1) is 0 Å². The van der Waals surface area contributed by atoms with Crippen molar-refractivity contribution < 1.29 is 14.1 Å². The Balaban J connectivity index is 2.28. The molecule has 0 heterocycles. The van der Waals surface area contributed by atoms with Crippen molar-refractivity contribution in [3.05, 3.63) is 45.8 Å². The molecule has 0 N–H and O–H groups in total. The van der Waals surface area contributed by atoms with Crippen LogP contribution in [-0.4, -0.2) is 16.7 Å². The summed E-state index contributed by atoms with van der Waals surface area (Å²) in [6.45, 7) is 0. The van der Waals surface area contributed by atoms with Crippen LogP contribution in [0.25, 0.3) is 0 Å². The average Bonchev–Trinajstić information content (AvgIpc) is 2.29. The van der Waals surface area contributed by atoms with Gasteiger partial charge in [-0.05, 0) is 17.7 Å². The van der Waals surface area contributed by atoms with Crippen molar-refractivity contribution in [3.63, 3.8) is 0 Å². The molecule has 1 fully saturated rings. The van der Waals surface area contributed by atoms with E-state index in [2.05, 4.69) is 0 Å². The number of benzene rings is 1. The Morgan fingerprint density at radius 2 is 1.94 bits per heavy atom. The van der Waals surface area contributed by atoms with Gasteiger partial charge < -0.3 is 0 Å². The van der Waals surface area contributed by atoms with Gasteiger partial charge in [0.2, 0.25) is 6.04 Å². The molecule has 0 radical (unpaired) electrons. The summed E-state index contributed by atoms with van der Waals surface area (Å²) < 4.78 is 12.8. The highest BCUT2D eigenvalue weighted by Gasteiger charge is 2.38. The third-order valence-corrected chi connectivity index (χ3v) is 3.20. The first-order chi connectivity index (χ1) is 8.08. The van der Waals surface area contributed by atoms with Gasteiger partial charge in [-0.25, -0.2) is 4.39 Å². The van der Waals surface area contributed by atoms with Crippen LogP contribution in [0.5, 0.6) is 0 Å². The van der Waals surface area contributed by atoms with Crippen LogP contribution in [0.4, 0.5) is 4.39 Å². The van der Waals surface area contributed by atoms with E-state index in [1.54, 1.807) is 0 Å². The van der Waals surface area contributed by atoms with Crippen molar-refractivity contribution >= 4 is 5.78 Å². The first-order valence-corrected chi connectivity index (χ1v) is 5.48. The summed E-state index contributed by atoms with van der Waals surface area (Å²) in [7, 11) is 0. The fourth-order valence-corrected chi connectivity index (χ4v) is 2.30. The van der Waals surface area contributed by atoms with Crippen LogP contribution in [-0.2, 0) is 4.79 Å². The number of halogens is 1. The van der Waals surface area contributed by atoms with Gasteiger partial charge in [-0.2, -0.15) is 0 Å². The summed E-state index contributed by atoms with van der Waals surface area (Å²) in [6, 6.07) is 4.85. The number of ketones is 1. The second kappa shape index (κ2) is 4.61. The van der Waals surface area contributed by atoms with Crippen LogP contribution >= 0.6 is 0 Å². The van der Waals surface area contributed by atoms with E-state index in [9.17, 15) is 19.3 Å². The number of carbonyl (C=O) groups is 1. The first-order valence-electron chi connectivity index (χ1n) is 5.48. The van der Waals surface area contributed by atoms with Crippen molar-refractivity contribution in [2.24, 2.45) is 0 Å². The molecule has 0 spiro atoms. The quantitative estimate of drug-likeness (QED) is 0.585. The fraction of sp³-hybridized carbons (Fsp3) is 0.417. The van der Waals surface area contributed by atoms with Crippen molar-refractivity contribution in [3.8, 4) is 0 Å². The number of hydrogen-bond acceptors (Lipinski definition) is 3. The average molecular weight is 237 g/mol. The number of nitrogens with zero attached hydrogens (tertiary/aromatic N) is 1. The molecule has 0 saturated heterocycles. The number of hydrogen-bond donors (Lipinski definition) is 0. The van der Waals surface area contributed by atoms with Gasteiger partial charge in [0.05, 0.1) is 5.92 Å². The lowest BCUT2D eigenvalue weighted by Gasteiger charge is -2.24. The molecule has 0 aliphatic heterocycles. The minimum Gasteiger partial charge on any atom is -0.300 e. The fourth-order valence-electron chi connectivity index (χ4n) is 2.30. The molecule has 1 aliphatic rings. The van der Waals surface area contributed by atoms with E-state index >= 15 is 0 Å². The van der Waals surface area contributed by atoms with Gasteiger partial charge in [0, 0.05) is 24.2 Å². The SMILES string of the molecule is O=C1CC[C@H]([N+](=O)[O-])[C@H](c2ccc(F)cc2)C1. The molecular weight excluding hydrogens is 225 g/mol. The molecule has 1 aromatic carbocycles. The van der Waals surface area contributed by atoms with E-state index in [0.717, 1.165) is 0 Å². The van der Waals surface area contributed by atoms with Gasteiger partial charge >= 0.3 is 0 Å². The highest BCUT2D eigenvalue weighted by Crippen LogP contribution is 2.33. The third-order valence-electron chi connectivity index (χ3n) is 3.20. The van der Waals surface area contributed by atoms with Gasteiger partial charge in [0.1, 0.15) is 11.6 Å². The van der Waals surface area contributed by atoms with E-state index in [1.807, 2.05) is 0 Å². The lowest BCUT2D eigenvalue weighted by Crippen LogP contribution is -2.33. The first kappa shape index (κ1) is 11.7.